The maximum atomic E-state index is 13.9. The molecule has 1 aromatic rings. The Labute approximate surface area is 121 Å². The monoisotopic (exact) mass is 350 g/mol. The van der Waals surface area contributed by atoms with E-state index in [0.29, 0.717) is 4.47 Å². The number of rotatable bonds is 3. The highest BCUT2D eigenvalue weighted by Crippen LogP contribution is 2.31. The van der Waals surface area contributed by atoms with Crippen molar-refractivity contribution < 1.29 is 12.8 Å². The first-order valence-electron chi connectivity index (χ1n) is 6.06. The van der Waals surface area contributed by atoms with Gasteiger partial charge in [0.25, 0.3) is 0 Å². The molecule has 2 N–H and O–H groups in total. The van der Waals surface area contributed by atoms with Gasteiger partial charge in [0.05, 0.1) is 0 Å². The first-order chi connectivity index (χ1) is 8.84. The molecule has 0 saturated heterocycles. The van der Waals surface area contributed by atoms with E-state index in [-0.39, 0.29) is 16.6 Å². The SMILES string of the molecule is CN(C1CCCC1)S(=O)(=O)c1cc(N)c(Br)cc1F. The minimum absolute atomic E-state index is 0.0470. The Hall–Kier alpha value is -0.660. The first kappa shape index (κ1) is 14.7. The average Bonchev–Trinajstić information content (AvgIpc) is 2.86. The lowest BCUT2D eigenvalue weighted by Gasteiger charge is -2.24. The standard InChI is InChI=1S/C12H16BrFN2O2S/c1-16(8-4-2-3-5-8)19(17,18)12-7-11(15)9(13)6-10(12)14/h6-8H,2-5,15H2,1H3. The minimum Gasteiger partial charge on any atom is -0.398 e. The summed E-state index contributed by atoms with van der Waals surface area (Å²) in [5.74, 6) is -0.786. The zero-order valence-electron chi connectivity index (χ0n) is 10.6. The third-order valence-corrected chi connectivity index (χ3v) is 6.16. The van der Waals surface area contributed by atoms with Gasteiger partial charge in [-0.3, -0.25) is 0 Å². The maximum Gasteiger partial charge on any atom is 0.246 e. The summed E-state index contributed by atoms with van der Waals surface area (Å²) in [4.78, 5) is -0.359. The van der Waals surface area contributed by atoms with Gasteiger partial charge in [0.15, 0.2) is 0 Å². The molecule has 1 fully saturated rings. The van der Waals surface area contributed by atoms with Crippen molar-refractivity contribution in [3.8, 4) is 0 Å². The van der Waals surface area contributed by atoms with E-state index in [9.17, 15) is 12.8 Å². The van der Waals surface area contributed by atoms with E-state index in [4.69, 9.17) is 5.73 Å². The van der Waals surface area contributed by atoms with Gasteiger partial charge >= 0.3 is 0 Å². The molecule has 0 atom stereocenters. The molecule has 0 radical (unpaired) electrons. The fourth-order valence-electron chi connectivity index (χ4n) is 2.36. The van der Waals surface area contributed by atoms with E-state index in [1.54, 1.807) is 0 Å². The van der Waals surface area contributed by atoms with Crippen molar-refractivity contribution in [3.05, 3.63) is 22.4 Å². The number of anilines is 1. The molecule has 0 amide bonds. The van der Waals surface area contributed by atoms with Crippen LogP contribution in [0.1, 0.15) is 25.7 Å². The Morgan fingerprint density at radius 2 is 1.95 bits per heavy atom. The van der Waals surface area contributed by atoms with Gasteiger partial charge in [0, 0.05) is 23.2 Å². The molecule has 0 heterocycles. The van der Waals surface area contributed by atoms with Crippen LogP contribution in [0.15, 0.2) is 21.5 Å². The molecule has 1 saturated carbocycles. The lowest BCUT2D eigenvalue weighted by Crippen LogP contribution is -2.35. The summed E-state index contributed by atoms with van der Waals surface area (Å²) < 4.78 is 40.3. The summed E-state index contributed by atoms with van der Waals surface area (Å²) in [6.45, 7) is 0. The molecular formula is C12H16BrFN2O2S. The van der Waals surface area contributed by atoms with Crippen molar-refractivity contribution in [2.24, 2.45) is 0 Å². The van der Waals surface area contributed by atoms with Crippen LogP contribution in [0, 0.1) is 5.82 Å². The Balaban J connectivity index is 2.41. The van der Waals surface area contributed by atoms with Gasteiger partial charge in [0.1, 0.15) is 10.7 Å². The zero-order chi connectivity index (χ0) is 14.2. The molecule has 19 heavy (non-hydrogen) atoms. The van der Waals surface area contributed by atoms with Crippen molar-refractivity contribution >= 4 is 31.6 Å². The Morgan fingerprint density at radius 3 is 2.53 bits per heavy atom. The first-order valence-corrected chi connectivity index (χ1v) is 8.30. The van der Waals surface area contributed by atoms with Crippen LogP contribution in [0.25, 0.3) is 0 Å². The number of nitrogen functional groups attached to an aromatic ring is 1. The maximum absolute atomic E-state index is 13.9. The summed E-state index contributed by atoms with van der Waals surface area (Å²) >= 11 is 3.08. The van der Waals surface area contributed by atoms with Crippen LogP contribution in [-0.4, -0.2) is 25.8 Å². The van der Waals surface area contributed by atoms with Crippen LogP contribution in [0.4, 0.5) is 10.1 Å². The quantitative estimate of drug-likeness (QED) is 0.852. The minimum atomic E-state index is -3.83. The van der Waals surface area contributed by atoms with E-state index >= 15 is 0 Å². The summed E-state index contributed by atoms with van der Waals surface area (Å²) in [6, 6.07) is 2.21. The van der Waals surface area contributed by atoms with E-state index in [2.05, 4.69) is 15.9 Å². The molecule has 2 rings (SSSR count). The molecule has 4 nitrogen and oxygen atoms in total. The van der Waals surface area contributed by atoms with Gasteiger partial charge in [-0.25, -0.2) is 12.8 Å². The molecule has 0 spiro atoms. The van der Waals surface area contributed by atoms with E-state index in [0.717, 1.165) is 31.7 Å². The second-order valence-corrected chi connectivity index (χ2v) is 7.58. The molecule has 1 aromatic carbocycles. The topological polar surface area (TPSA) is 63.4 Å². The lowest BCUT2D eigenvalue weighted by molar-refractivity contribution is 0.371. The predicted octanol–water partition coefficient (Wildman–Crippen LogP) is 2.73. The van der Waals surface area contributed by atoms with Crippen LogP contribution in [0.5, 0.6) is 0 Å². The van der Waals surface area contributed by atoms with E-state index in [1.807, 2.05) is 0 Å². The van der Waals surface area contributed by atoms with Gasteiger partial charge in [-0.2, -0.15) is 4.31 Å². The zero-order valence-corrected chi connectivity index (χ0v) is 13.0. The third-order valence-electron chi connectivity index (χ3n) is 3.55. The summed E-state index contributed by atoms with van der Waals surface area (Å²) in [5.41, 5.74) is 5.85. The van der Waals surface area contributed by atoms with Crippen LogP contribution in [-0.2, 0) is 10.0 Å². The summed E-state index contributed by atoms with van der Waals surface area (Å²) in [7, 11) is -2.33. The van der Waals surface area contributed by atoms with Crippen LogP contribution < -0.4 is 5.73 Å². The number of nitrogens with two attached hydrogens (primary N) is 1. The van der Waals surface area contributed by atoms with Crippen molar-refractivity contribution in [1.29, 1.82) is 0 Å². The second kappa shape index (κ2) is 5.38. The molecule has 106 valence electrons. The van der Waals surface area contributed by atoms with Gasteiger partial charge in [-0.15, -0.1) is 0 Å². The fraction of sp³-hybridized carbons (Fsp3) is 0.500. The number of benzene rings is 1. The molecule has 1 aliphatic carbocycles. The van der Waals surface area contributed by atoms with Crippen LogP contribution in [0.3, 0.4) is 0 Å². The van der Waals surface area contributed by atoms with E-state index in [1.165, 1.54) is 17.4 Å². The Kier molecular flexibility index (Phi) is 4.17. The molecular weight excluding hydrogens is 335 g/mol. The van der Waals surface area contributed by atoms with Gasteiger partial charge in [0.2, 0.25) is 10.0 Å². The fourth-order valence-corrected chi connectivity index (χ4v) is 4.17. The highest BCUT2D eigenvalue weighted by atomic mass is 79.9. The molecule has 0 aromatic heterocycles. The Morgan fingerprint density at radius 1 is 1.37 bits per heavy atom. The highest BCUT2D eigenvalue weighted by molar-refractivity contribution is 9.10. The van der Waals surface area contributed by atoms with Crippen molar-refractivity contribution in [2.45, 2.75) is 36.6 Å². The van der Waals surface area contributed by atoms with Gasteiger partial charge in [-0.1, -0.05) is 12.8 Å². The average molecular weight is 351 g/mol. The highest BCUT2D eigenvalue weighted by Gasteiger charge is 2.32. The third kappa shape index (κ3) is 2.78. The molecule has 7 heteroatoms. The largest absolute Gasteiger partial charge is 0.398 e. The second-order valence-electron chi connectivity index (χ2n) is 4.76. The van der Waals surface area contributed by atoms with Crippen molar-refractivity contribution in [1.82, 2.24) is 4.31 Å². The smallest absolute Gasteiger partial charge is 0.246 e. The van der Waals surface area contributed by atoms with Crippen LogP contribution in [0.2, 0.25) is 0 Å². The summed E-state index contributed by atoms with van der Waals surface area (Å²) in [5, 5.41) is 0. The van der Waals surface area contributed by atoms with Crippen LogP contribution >= 0.6 is 15.9 Å². The number of nitrogens with zero attached hydrogens (tertiary/aromatic N) is 1. The number of sulfonamides is 1. The van der Waals surface area contributed by atoms with Gasteiger partial charge in [-0.05, 0) is 40.9 Å². The van der Waals surface area contributed by atoms with E-state index < -0.39 is 15.8 Å². The normalized spacial score (nSPS) is 17.3. The Bertz CT molecular complexity index is 586. The molecule has 0 bridgehead atoms. The lowest BCUT2D eigenvalue weighted by atomic mass is 10.3. The molecule has 0 unspecified atom stereocenters. The van der Waals surface area contributed by atoms with Crippen molar-refractivity contribution in [3.63, 3.8) is 0 Å². The summed E-state index contributed by atoms with van der Waals surface area (Å²) in [6.07, 6.45) is 3.66. The predicted molar refractivity (Wildman–Crippen MR) is 75.7 cm³/mol. The number of halogens is 2. The number of hydrogen-bond donors (Lipinski definition) is 1. The molecule has 0 aliphatic heterocycles. The molecule has 1 aliphatic rings. The number of hydrogen-bond acceptors (Lipinski definition) is 3. The van der Waals surface area contributed by atoms with Crippen molar-refractivity contribution in [2.75, 3.05) is 12.8 Å². The van der Waals surface area contributed by atoms with Gasteiger partial charge < -0.3 is 5.73 Å².